The van der Waals surface area contributed by atoms with Crippen molar-refractivity contribution in [1.82, 2.24) is 19.6 Å². The van der Waals surface area contributed by atoms with Gasteiger partial charge in [-0.2, -0.15) is 18.3 Å². The van der Waals surface area contributed by atoms with E-state index in [1.165, 1.54) is 4.90 Å². The maximum Gasteiger partial charge on any atom is 0.419 e. The standard InChI is InChI=1S/C20H21F4N5O2/c1-11-8-16-13(17-18(30)27(2)6-3-7-29(17)26-16)10-28(11)19(31)25-12-4-5-15(21)14(9-12)20(22,23)24/h4-5,9,11H,3,6-8,10H2,1-2H3,(H,25,31)/t11-/m1/s1. The summed E-state index contributed by atoms with van der Waals surface area (Å²) >= 11 is 0. The lowest BCUT2D eigenvalue weighted by Gasteiger charge is -2.33. The number of carbonyl (C=O) groups excluding carboxylic acids is 2. The number of nitrogens with zero attached hydrogens (tertiary/aromatic N) is 4. The zero-order valence-electron chi connectivity index (χ0n) is 17.0. The molecule has 3 amide bonds. The quantitative estimate of drug-likeness (QED) is 0.692. The van der Waals surface area contributed by atoms with Gasteiger partial charge in [-0.05, 0) is 31.5 Å². The minimum atomic E-state index is -4.87. The van der Waals surface area contributed by atoms with E-state index in [0.29, 0.717) is 42.9 Å². The number of nitrogens with one attached hydrogen (secondary N) is 1. The maximum absolute atomic E-state index is 13.5. The molecule has 1 aromatic heterocycles. The largest absolute Gasteiger partial charge is 0.419 e. The summed E-state index contributed by atoms with van der Waals surface area (Å²) in [5.74, 6) is -1.58. The molecular weight excluding hydrogens is 418 g/mol. The van der Waals surface area contributed by atoms with Gasteiger partial charge in [-0.25, -0.2) is 9.18 Å². The Bertz CT molecular complexity index is 1050. The number of carbonyl (C=O) groups is 2. The summed E-state index contributed by atoms with van der Waals surface area (Å²) in [6.07, 6.45) is -3.70. The number of amides is 3. The van der Waals surface area contributed by atoms with Crippen molar-refractivity contribution in [3.63, 3.8) is 0 Å². The second kappa shape index (κ2) is 7.54. The first-order valence-electron chi connectivity index (χ1n) is 9.84. The number of benzene rings is 1. The van der Waals surface area contributed by atoms with Gasteiger partial charge in [-0.3, -0.25) is 9.48 Å². The first-order valence-corrected chi connectivity index (χ1v) is 9.84. The molecule has 0 bridgehead atoms. The van der Waals surface area contributed by atoms with Gasteiger partial charge < -0.3 is 15.1 Å². The number of aromatic nitrogens is 2. The topological polar surface area (TPSA) is 70.5 Å². The highest BCUT2D eigenvalue weighted by Crippen LogP contribution is 2.33. The van der Waals surface area contributed by atoms with Gasteiger partial charge in [-0.1, -0.05) is 0 Å². The van der Waals surface area contributed by atoms with E-state index in [1.54, 1.807) is 23.6 Å². The molecule has 11 heteroatoms. The molecular formula is C20H21F4N5O2. The summed E-state index contributed by atoms with van der Waals surface area (Å²) in [5, 5.41) is 6.97. The van der Waals surface area contributed by atoms with E-state index in [2.05, 4.69) is 10.4 Å². The van der Waals surface area contributed by atoms with E-state index in [0.717, 1.165) is 18.2 Å². The minimum absolute atomic E-state index is 0.102. The molecule has 0 unspecified atom stereocenters. The molecule has 4 rings (SSSR count). The highest BCUT2D eigenvalue weighted by molar-refractivity contribution is 5.95. The van der Waals surface area contributed by atoms with Crippen molar-refractivity contribution in [2.45, 2.75) is 45.1 Å². The van der Waals surface area contributed by atoms with Crippen LogP contribution in [0, 0.1) is 5.82 Å². The fraction of sp³-hybridized carbons (Fsp3) is 0.450. The van der Waals surface area contributed by atoms with E-state index >= 15 is 0 Å². The Morgan fingerprint density at radius 2 is 2.00 bits per heavy atom. The van der Waals surface area contributed by atoms with E-state index in [9.17, 15) is 27.2 Å². The number of hydrogen-bond donors (Lipinski definition) is 1. The van der Waals surface area contributed by atoms with Gasteiger partial charge in [0.1, 0.15) is 11.5 Å². The lowest BCUT2D eigenvalue weighted by atomic mass is 9.99. The van der Waals surface area contributed by atoms with Crippen molar-refractivity contribution >= 4 is 17.6 Å². The predicted molar refractivity (Wildman–Crippen MR) is 103 cm³/mol. The van der Waals surface area contributed by atoms with Crippen LogP contribution in [0.4, 0.5) is 28.0 Å². The molecule has 2 aliphatic rings. The van der Waals surface area contributed by atoms with E-state index < -0.39 is 23.6 Å². The number of urea groups is 1. The Hall–Kier alpha value is -3.11. The molecule has 0 radical (unpaired) electrons. The van der Waals surface area contributed by atoms with Crippen molar-refractivity contribution < 1.29 is 27.2 Å². The van der Waals surface area contributed by atoms with Crippen LogP contribution in [-0.2, 0) is 25.7 Å². The summed E-state index contributed by atoms with van der Waals surface area (Å²) in [5.41, 5.74) is 0.232. The van der Waals surface area contributed by atoms with Crippen molar-refractivity contribution in [2.75, 3.05) is 18.9 Å². The van der Waals surface area contributed by atoms with Crippen LogP contribution in [-0.4, -0.2) is 51.2 Å². The van der Waals surface area contributed by atoms with Crippen LogP contribution in [0.5, 0.6) is 0 Å². The Kier molecular flexibility index (Phi) is 5.14. The van der Waals surface area contributed by atoms with Crippen molar-refractivity contribution in [3.8, 4) is 0 Å². The van der Waals surface area contributed by atoms with Gasteiger partial charge in [0.05, 0.1) is 17.8 Å². The molecule has 0 saturated carbocycles. The van der Waals surface area contributed by atoms with Crippen molar-refractivity contribution in [3.05, 3.63) is 46.5 Å². The lowest BCUT2D eigenvalue weighted by Crippen LogP contribution is -2.45. The summed E-state index contributed by atoms with van der Waals surface area (Å²) < 4.78 is 54.1. The number of hydrogen-bond acceptors (Lipinski definition) is 3. The van der Waals surface area contributed by atoms with Gasteiger partial charge in [0.25, 0.3) is 5.91 Å². The molecule has 2 aromatic rings. The maximum atomic E-state index is 13.5. The van der Waals surface area contributed by atoms with Crippen LogP contribution in [0.2, 0.25) is 0 Å². The molecule has 1 N–H and O–H groups in total. The number of anilines is 1. The summed E-state index contributed by atoms with van der Waals surface area (Å²) in [4.78, 5) is 28.7. The van der Waals surface area contributed by atoms with Crippen molar-refractivity contribution in [2.24, 2.45) is 0 Å². The fourth-order valence-corrected chi connectivity index (χ4v) is 4.02. The molecule has 1 atom stereocenters. The van der Waals surface area contributed by atoms with Gasteiger partial charge in [0, 0.05) is 43.9 Å². The predicted octanol–water partition coefficient (Wildman–Crippen LogP) is 3.50. The third kappa shape index (κ3) is 3.84. The number of rotatable bonds is 1. The van der Waals surface area contributed by atoms with E-state index in [1.807, 2.05) is 0 Å². The third-order valence-corrected chi connectivity index (χ3v) is 5.68. The number of fused-ring (bicyclic) bond motifs is 3. The second-order valence-corrected chi connectivity index (χ2v) is 7.88. The summed E-state index contributed by atoms with van der Waals surface area (Å²) in [7, 11) is 1.71. The first-order chi connectivity index (χ1) is 14.6. The summed E-state index contributed by atoms with van der Waals surface area (Å²) in [6, 6.07) is 1.39. The molecule has 3 heterocycles. The fourth-order valence-electron chi connectivity index (χ4n) is 4.02. The van der Waals surface area contributed by atoms with Crippen LogP contribution < -0.4 is 5.32 Å². The zero-order valence-corrected chi connectivity index (χ0v) is 17.0. The van der Waals surface area contributed by atoms with Crippen LogP contribution in [0.3, 0.4) is 0 Å². The van der Waals surface area contributed by atoms with Gasteiger partial charge in [0.15, 0.2) is 0 Å². The normalized spacial score (nSPS) is 19.0. The smallest absolute Gasteiger partial charge is 0.340 e. The Morgan fingerprint density at radius 3 is 2.71 bits per heavy atom. The van der Waals surface area contributed by atoms with Crippen LogP contribution in [0.15, 0.2) is 18.2 Å². The molecule has 0 saturated heterocycles. The molecule has 0 fully saturated rings. The number of aryl methyl sites for hydroxylation is 1. The third-order valence-electron chi connectivity index (χ3n) is 5.68. The average molecular weight is 439 g/mol. The molecule has 1 aromatic carbocycles. The zero-order chi connectivity index (χ0) is 22.5. The lowest BCUT2D eigenvalue weighted by molar-refractivity contribution is -0.139. The summed E-state index contributed by atoms with van der Waals surface area (Å²) in [6.45, 7) is 3.09. The first kappa shape index (κ1) is 21.1. The molecule has 2 aliphatic heterocycles. The number of halogens is 4. The van der Waals surface area contributed by atoms with Crippen LogP contribution >= 0.6 is 0 Å². The molecule has 31 heavy (non-hydrogen) atoms. The average Bonchev–Trinajstić information content (AvgIpc) is 2.97. The van der Waals surface area contributed by atoms with Crippen molar-refractivity contribution in [1.29, 1.82) is 0 Å². The monoisotopic (exact) mass is 439 g/mol. The van der Waals surface area contributed by atoms with Gasteiger partial charge >= 0.3 is 12.2 Å². The molecule has 0 aliphatic carbocycles. The minimum Gasteiger partial charge on any atom is -0.340 e. The van der Waals surface area contributed by atoms with Crippen LogP contribution in [0.25, 0.3) is 0 Å². The number of alkyl halides is 3. The van der Waals surface area contributed by atoms with E-state index in [-0.39, 0.29) is 24.2 Å². The van der Waals surface area contributed by atoms with E-state index in [4.69, 9.17) is 0 Å². The Labute approximate surface area is 175 Å². The molecule has 166 valence electrons. The van der Waals surface area contributed by atoms with Crippen LogP contribution in [0.1, 0.15) is 40.7 Å². The van der Waals surface area contributed by atoms with Gasteiger partial charge in [0.2, 0.25) is 0 Å². The Balaban J connectivity index is 1.59. The highest BCUT2D eigenvalue weighted by atomic mass is 19.4. The Morgan fingerprint density at radius 1 is 1.26 bits per heavy atom. The highest BCUT2D eigenvalue weighted by Gasteiger charge is 2.37. The second-order valence-electron chi connectivity index (χ2n) is 7.88. The van der Waals surface area contributed by atoms with Gasteiger partial charge in [-0.15, -0.1) is 0 Å². The molecule has 7 nitrogen and oxygen atoms in total. The SMILES string of the molecule is C[C@@H]1Cc2nn3c(c2CN1C(=O)Nc1ccc(F)c(C(F)(F)F)c1)C(=O)N(C)CCC3. The molecule has 0 spiro atoms.